The Morgan fingerprint density at radius 1 is 0.846 bits per heavy atom. The molecule has 2 N–H and O–H groups in total. The molecule has 0 aliphatic rings. The summed E-state index contributed by atoms with van der Waals surface area (Å²) in [4.78, 5) is 19.4. The van der Waals surface area contributed by atoms with E-state index in [-0.39, 0.29) is 49.6 Å². The van der Waals surface area contributed by atoms with Crippen LogP contribution < -0.4 is 0 Å². The first-order valence-electron chi connectivity index (χ1n) is 3.74. The van der Waals surface area contributed by atoms with Gasteiger partial charge >= 0.3 is 11.9 Å². The van der Waals surface area contributed by atoms with Crippen molar-refractivity contribution in [3.05, 3.63) is 0 Å². The van der Waals surface area contributed by atoms with Crippen molar-refractivity contribution in [1.29, 1.82) is 0 Å². The van der Waals surface area contributed by atoms with Gasteiger partial charge in [0.05, 0.1) is 11.8 Å². The van der Waals surface area contributed by atoms with E-state index in [1.165, 1.54) is 0 Å². The van der Waals surface area contributed by atoms with Gasteiger partial charge in [0.25, 0.3) is 0 Å². The zero-order chi connectivity index (χ0) is 10.3. The minimum absolute atomic E-state index is 0. The Labute approximate surface area is 108 Å². The predicted molar refractivity (Wildman–Crippen MR) is 50.7 cm³/mol. The molecule has 0 rings (SSSR count). The van der Waals surface area contributed by atoms with Crippen LogP contribution in [0.2, 0.25) is 0 Å². The standard InChI is InChI=1S/2C4H8O2.Ca/c2*1-3(2)4(5)6;/h2*3H,1-2H3,(H,5,6);. The maximum atomic E-state index is 9.70. The average Bonchev–Trinajstić information content (AvgIpc) is 1.88. The number of rotatable bonds is 2. The van der Waals surface area contributed by atoms with Crippen molar-refractivity contribution in [2.45, 2.75) is 27.7 Å². The summed E-state index contributed by atoms with van der Waals surface area (Å²) in [6.07, 6.45) is 0. The molecule has 0 aromatic heterocycles. The molecule has 74 valence electrons. The summed E-state index contributed by atoms with van der Waals surface area (Å²) in [5.41, 5.74) is 0. The first-order chi connectivity index (χ1) is 5.29. The summed E-state index contributed by atoms with van der Waals surface area (Å²) in [5.74, 6) is -1.94. The molecule has 0 atom stereocenters. The Hall–Kier alpha value is 0.200. The third-order valence-corrected chi connectivity index (χ3v) is 0.988. The van der Waals surface area contributed by atoms with Gasteiger partial charge in [-0.2, -0.15) is 0 Å². The van der Waals surface area contributed by atoms with Gasteiger partial charge in [-0.15, -0.1) is 0 Å². The zero-order valence-electron chi connectivity index (χ0n) is 8.57. The summed E-state index contributed by atoms with van der Waals surface area (Å²) < 4.78 is 0. The third kappa shape index (κ3) is 18.9. The Balaban J connectivity index is -0.000000143. The molecule has 0 unspecified atom stereocenters. The number of hydrogen-bond acceptors (Lipinski definition) is 2. The number of aliphatic carboxylic acids is 2. The van der Waals surface area contributed by atoms with Crippen molar-refractivity contribution in [2.24, 2.45) is 11.8 Å². The van der Waals surface area contributed by atoms with Crippen LogP contribution in [0.25, 0.3) is 0 Å². The molecule has 4 nitrogen and oxygen atoms in total. The van der Waals surface area contributed by atoms with Gasteiger partial charge in [-0.3, -0.25) is 9.59 Å². The molecule has 0 saturated heterocycles. The second-order valence-electron chi connectivity index (χ2n) is 2.99. The van der Waals surface area contributed by atoms with Crippen LogP contribution in [0, 0.1) is 11.8 Å². The smallest absolute Gasteiger partial charge is 0.305 e. The van der Waals surface area contributed by atoms with Crippen LogP contribution in [0.15, 0.2) is 0 Å². The maximum Gasteiger partial charge on any atom is 0.305 e. The first kappa shape index (κ1) is 18.9. The second kappa shape index (κ2) is 10.3. The number of carbonyl (C=O) groups is 2. The molecule has 0 aromatic carbocycles. The van der Waals surface area contributed by atoms with Crippen LogP contribution in [0.5, 0.6) is 0 Å². The Kier molecular flexibility index (Phi) is 14.9. The summed E-state index contributed by atoms with van der Waals surface area (Å²) >= 11 is 0. The molecule has 2 radical (unpaired) electrons. The first-order valence-corrected chi connectivity index (χ1v) is 3.74. The Morgan fingerprint density at radius 3 is 0.923 bits per heavy atom. The van der Waals surface area contributed by atoms with E-state index < -0.39 is 11.9 Å². The van der Waals surface area contributed by atoms with Gasteiger partial charge in [-0.05, 0) is 0 Å². The normalized spacial score (nSPS) is 8.46. The van der Waals surface area contributed by atoms with Gasteiger partial charge in [0.2, 0.25) is 0 Å². The minimum atomic E-state index is -0.741. The molecule has 0 spiro atoms. The SMILES string of the molecule is CC(C)C(=O)O.CC(C)C(=O)O.[Ca]. The van der Waals surface area contributed by atoms with E-state index in [1.54, 1.807) is 27.7 Å². The molecule has 0 fully saturated rings. The molecule has 0 aliphatic carbocycles. The Bertz CT molecular complexity index is 136. The van der Waals surface area contributed by atoms with Crippen LogP contribution >= 0.6 is 0 Å². The largest absolute Gasteiger partial charge is 0.481 e. The molecule has 0 saturated carbocycles. The summed E-state index contributed by atoms with van der Waals surface area (Å²) in [5, 5.41) is 16.0. The molecule has 13 heavy (non-hydrogen) atoms. The maximum absolute atomic E-state index is 9.70. The molecule has 0 bridgehead atoms. The molecule has 5 heteroatoms. The van der Waals surface area contributed by atoms with Crippen molar-refractivity contribution < 1.29 is 19.8 Å². The molecule has 0 aromatic rings. The van der Waals surface area contributed by atoms with Crippen molar-refractivity contribution in [1.82, 2.24) is 0 Å². The van der Waals surface area contributed by atoms with Gasteiger partial charge in [-0.25, -0.2) is 0 Å². The van der Waals surface area contributed by atoms with Crippen LogP contribution in [-0.2, 0) is 9.59 Å². The van der Waals surface area contributed by atoms with Gasteiger partial charge in [0.15, 0.2) is 0 Å². The number of carboxylic acids is 2. The van der Waals surface area contributed by atoms with E-state index in [2.05, 4.69) is 0 Å². The van der Waals surface area contributed by atoms with Crippen molar-refractivity contribution >= 4 is 49.7 Å². The van der Waals surface area contributed by atoms with Crippen molar-refractivity contribution in [3.8, 4) is 0 Å². The van der Waals surface area contributed by atoms with E-state index in [0.29, 0.717) is 0 Å². The van der Waals surface area contributed by atoms with Crippen LogP contribution in [0.4, 0.5) is 0 Å². The minimum Gasteiger partial charge on any atom is -0.481 e. The van der Waals surface area contributed by atoms with Gasteiger partial charge < -0.3 is 10.2 Å². The van der Waals surface area contributed by atoms with Crippen LogP contribution in [0.3, 0.4) is 0 Å². The van der Waals surface area contributed by atoms with E-state index in [9.17, 15) is 9.59 Å². The third-order valence-electron chi connectivity index (χ3n) is 0.988. The summed E-state index contributed by atoms with van der Waals surface area (Å²) in [6.45, 7) is 6.56. The number of carboxylic acid groups (broad SMARTS) is 2. The average molecular weight is 216 g/mol. The zero-order valence-corrected chi connectivity index (χ0v) is 10.8. The topological polar surface area (TPSA) is 74.6 Å². The molecular weight excluding hydrogens is 200 g/mol. The van der Waals surface area contributed by atoms with Gasteiger partial charge in [-0.1, -0.05) is 27.7 Å². The molecule has 0 aliphatic heterocycles. The van der Waals surface area contributed by atoms with E-state index >= 15 is 0 Å². The molecular formula is C8H16CaO4. The second-order valence-corrected chi connectivity index (χ2v) is 2.99. The Morgan fingerprint density at radius 2 is 0.923 bits per heavy atom. The monoisotopic (exact) mass is 216 g/mol. The van der Waals surface area contributed by atoms with E-state index in [4.69, 9.17) is 10.2 Å². The van der Waals surface area contributed by atoms with Crippen molar-refractivity contribution in [3.63, 3.8) is 0 Å². The molecule has 0 heterocycles. The van der Waals surface area contributed by atoms with E-state index in [1.807, 2.05) is 0 Å². The fourth-order valence-corrected chi connectivity index (χ4v) is 0. The number of hydrogen-bond donors (Lipinski definition) is 2. The summed E-state index contributed by atoms with van der Waals surface area (Å²) in [7, 11) is 0. The quantitative estimate of drug-likeness (QED) is 0.677. The summed E-state index contributed by atoms with van der Waals surface area (Å²) in [6, 6.07) is 0. The van der Waals surface area contributed by atoms with E-state index in [0.717, 1.165) is 0 Å². The predicted octanol–water partition coefficient (Wildman–Crippen LogP) is 1.07. The molecule has 0 amide bonds. The van der Waals surface area contributed by atoms with Crippen LogP contribution in [-0.4, -0.2) is 59.9 Å². The fraction of sp³-hybridized carbons (Fsp3) is 0.750. The van der Waals surface area contributed by atoms with Gasteiger partial charge in [0.1, 0.15) is 0 Å². The van der Waals surface area contributed by atoms with Gasteiger partial charge in [0, 0.05) is 37.7 Å². The van der Waals surface area contributed by atoms with Crippen LogP contribution in [0.1, 0.15) is 27.7 Å². The fourth-order valence-electron chi connectivity index (χ4n) is 0. The van der Waals surface area contributed by atoms with Crippen molar-refractivity contribution in [2.75, 3.05) is 0 Å².